The maximum absolute atomic E-state index is 10.5. The van der Waals surface area contributed by atoms with Crippen LogP contribution in [-0.4, -0.2) is 43.5 Å². The summed E-state index contributed by atoms with van der Waals surface area (Å²) in [5.74, 6) is 0. The van der Waals surface area contributed by atoms with Crippen molar-refractivity contribution in [3.8, 4) is 0 Å². The Morgan fingerprint density at radius 2 is 2.42 bits per heavy atom. The molecule has 0 aromatic heterocycles. The lowest BCUT2D eigenvalue weighted by Gasteiger charge is -2.11. The van der Waals surface area contributed by atoms with Crippen LogP contribution < -0.4 is 0 Å². The summed E-state index contributed by atoms with van der Waals surface area (Å²) in [7, 11) is 1.97. The van der Waals surface area contributed by atoms with E-state index in [1.165, 1.54) is 0 Å². The number of nitrogens with zero attached hydrogens (tertiary/aromatic N) is 1. The number of hydrogen-bond donors (Lipinski definition) is 0. The zero-order valence-electron chi connectivity index (χ0n) is 7.82. The van der Waals surface area contributed by atoms with E-state index in [0.29, 0.717) is 0 Å². The van der Waals surface area contributed by atoms with E-state index in [0.717, 1.165) is 32.3 Å². The smallest absolute Gasteiger partial charge is 0.137 e. The first-order valence-corrected chi connectivity index (χ1v) is 4.55. The van der Waals surface area contributed by atoms with Crippen molar-refractivity contribution < 1.29 is 9.53 Å². The maximum Gasteiger partial charge on any atom is 0.137 e. The second-order valence-corrected chi connectivity index (χ2v) is 3.37. The van der Waals surface area contributed by atoms with E-state index >= 15 is 0 Å². The van der Waals surface area contributed by atoms with Crippen LogP contribution in [0, 0.1) is 0 Å². The minimum Gasteiger partial charge on any atom is -0.377 e. The van der Waals surface area contributed by atoms with Crippen LogP contribution in [0.3, 0.4) is 0 Å². The van der Waals surface area contributed by atoms with Gasteiger partial charge in [-0.15, -0.1) is 0 Å². The summed E-state index contributed by atoms with van der Waals surface area (Å²) in [6, 6.07) is 0.0758. The second kappa shape index (κ2) is 4.58. The van der Waals surface area contributed by atoms with Gasteiger partial charge < -0.3 is 9.53 Å². The summed E-state index contributed by atoms with van der Waals surface area (Å²) in [5, 5.41) is 0. The van der Waals surface area contributed by atoms with Crippen LogP contribution in [0.15, 0.2) is 0 Å². The topological polar surface area (TPSA) is 29.5 Å². The van der Waals surface area contributed by atoms with E-state index in [2.05, 4.69) is 6.92 Å². The molecule has 0 aromatic carbocycles. The molecule has 1 rings (SSSR count). The molecule has 0 N–H and O–H groups in total. The summed E-state index contributed by atoms with van der Waals surface area (Å²) in [6.07, 6.45) is 3.19. The quantitative estimate of drug-likeness (QED) is 0.583. The first kappa shape index (κ1) is 9.68. The number of aldehydes is 1. The molecule has 0 saturated carbocycles. The fourth-order valence-electron chi connectivity index (χ4n) is 1.55. The zero-order chi connectivity index (χ0) is 8.97. The molecular formula is C9H17NO2. The Bertz CT molecular complexity index is 149. The summed E-state index contributed by atoms with van der Waals surface area (Å²) in [6.45, 7) is 3.80. The summed E-state index contributed by atoms with van der Waals surface area (Å²) in [4.78, 5) is 12.6. The fourth-order valence-corrected chi connectivity index (χ4v) is 1.55. The minimum absolute atomic E-state index is 0.0758. The average molecular weight is 171 g/mol. The van der Waals surface area contributed by atoms with Crippen molar-refractivity contribution >= 4 is 6.29 Å². The molecule has 0 spiro atoms. The number of rotatable bonds is 4. The molecule has 12 heavy (non-hydrogen) atoms. The lowest BCUT2D eigenvalue weighted by atomic mass is 10.2. The van der Waals surface area contributed by atoms with Gasteiger partial charge in [0.25, 0.3) is 0 Å². The van der Waals surface area contributed by atoms with Gasteiger partial charge in [-0.1, -0.05) is 6.92 Å². The highest BCUT2D eigenvalue weighted by Crippen LogP contribution is 2.16. The predicted octanol–water partition coefficient (Wildman–Crippen LogP) is 0.685. The van der Waals surface area contributed by atoms with Crippen LogP contribution in [0.1, 0.15) is 19.8 Å². The molecule has 1 fully saturated rings. The molecule has 3 nitrogen and oxygen atoms in total. The van der Waals surface area contributed by atoms with E-state index in [-0.39, 0.29) is 12.1 Å². The molecule has 0 unspecified atom stereocenters. The van der Waals surface area contributed by atoms with Gasteiger partial charge in [0, 0.05) is 13.2 Å². The van der Waals surface area contributed by atoms with Gasteiger partial charge in [-0.2, -0.15) is 0 Å². The third kappa shape index (κ3) is 2.29. The van der Waals surface area contributed by atoms with Crippen molar-refractivity contribution in [3.05, 3.63) is 0 Å². The van der Waals surface area contributed by atoms with Crippen LogP contribution in [0.25, 0.3) is 0 Å². The lowest BCUT2D eigenvalue weighted by Crippen LogP contribution is -2.26. The van der Waals surface area contributed by atoms with Gasteiger partial charge in [-0.05, 0) is 19.9 Å². The van der Waals surface area contributed by atoms with Crippen molar-refractivity contribution in [2.24, 2.45) is 0 Å². The predicted molar refractivity (Wildman–Crippen MR) is 47.1 cm³/mol. The molecule has 1 saturated heterocycles. The van der Waals surface area contributed by atoms with Crippen LogP contribution >= 0.6 is 0 Å². The molecule has 0 aromatic rings. The molecular weight excluding hydrogens is 154 g/mol. The Labute approximate surface area is 73.7 Å². The van der Waals surface area contributed by atoms with Gasteiger partial charge in [0.2, 0.25) is 0 Å². The fraction of sp³-hybridized carbons (Fsp3) is 0.889. The van der Waals surface area contributed by atoms with Crippen molar-refractivity contribution in [2.75, 3.05) is 20.2 Å². The van der Waals surface area contributed by atoms with Gasteiger partial charge in [-0.3, -0.25) is 4.90 Å². The first-order valence-electron chi connectivity index (χ1n) is 4.55. The molecule has 1 aliphatic rings. The maximum atomic E-state index is 10.5. The van der Waals surface area contributed by atoms with Gasteiger partial charge >= 0.3 is 0 Å². The van der Waals surface area contributed by atoms with Gasteiger partial charge in [-0.25, -0.2) is 0 Å². The summed E-state index contributed by atoms with van der Waals surface area (Å²) < 4.78 is 5.55. The molecule has 1 aliphatic heterocycles. The zero-order valence-corrected chi connectivity index (χ0v) is 7.82. The number of likely N-dealkylation sites (tertiary alicyclic amines) is 1. The van der Waals surface area contributed by atoms with Crippen LogP contribution in [0.5, 0.6) is 0 Å². The van der Waals surface area contributed by atoms with E-state index in [1.54, 1.807) is 0 Å². The highest BCUT2D eigenvalue weighted by molar-refractivity contribution is 5.58. The molecule has 3 heteroatoms. The van der Waals surface area contributed by atoms with Crippen molar-refractivity contribution in [1.82, 2.24) is 4.90 Å². The standard InChI is InChI=1S/C9H17NO2/c1-3-4-12-9-5-8(7-11)10(2)6-9/h7-9H,3-6H2,1-2H3/t8-,9-/m0/s1. The third-order valence-corrected chi connectivity index (χ3v) is 2.28. The van der Waals surface area contributed by atoms with E-state index in [4.69, 9.17) is 4.74 Å². The van der Waals surface area contributed by atoms with Gasteiger partial charge in [0.05, 0.1) is 12.1 Å². The van der Waals surface area contributed by atoms with Crippen molar-refractivity contribution in [2.45, 2.75) is 31.9 Å². The van der Waals surface area contributed by atoms with Crippen LogP contribution in [0.4, 0.5) is 0 Å². The number of likely N-dealkylation sites (N-methyl/N-ethyl adjacent to an activating group) is 1. The van der Waals surface area contributed by atoms with E-state index < -0.39 is 0 Å². The highest BCUT2D eigenvalue weighted by Gasteiger charge is 2.29. The molecule has 0 bridgehead atoms. The molecule has 0 radical (unpaired) electrons. The van der Waals surface area contributed by atoms with Gasteiger partial charge in [0.15, 0.2) is 0 Å². The van der Waals surface area contributed by atoms with Gasteiger partial charge in [0.1, 0.15) is 6.29 Å². The number of carbonyl (C=O) groups is 1. The minimum atomic E-state index is 0.0758. The second-order valence-electron chi connectivity index (χ2n) is 3.37. The van der Waals surface area contributed by atoms with Crippen LogP contribution in [-0.2, 0) is 9.53 Å². The molecule has 0 aliphatic carbocycles. The third-order valence-electron chi connectivity index (χ3n) is 2.28. The Kier molecular flexibility index (Phi) is 3.69. The summed E-state index contributed by atoms with van der Waals surface area (Å²) in [5.41, 5.74) is 0. The summed E-state index contributed by atoms with van der Waals surface area (Å²) >= 11 is 0. The normalized spacial score (nSPS) is 30.8. The number of hydrogen-bond acceptors (Lipinski definition) is 3. The van der Waals surface area contributed by atoms with Crippen molar-refractivity contribution in [1.29, 1.82) is 0 Å². The molecule has 70 valence electrons. The number of ether oxygens (including phenoxy) is 1. The molecule has 0 amide bonds. The van der Waals surface area contributed by atoms with Crippen molar-refractivity contribution in [3.63, 3.8) is 0 Å². The lowest BCUT2D eigenvalue weighted by molar-refractivity contribution is -0.111. The highest BCUT2D eigenvalue weighted by atomic mass is 16.5. The van der Waals surface area contributed by atoms with Crippen LogP contribution in [0.2, 0.25) is 0 Å². The Morgan fingerprint density at radius 3 is 2.92 bits per heavy atom. The SMILES string of the molecule is CCCO[C@H]1C[C@@H](C=O)N(C)C1. The largest absolute Gasteiger partial charge is 0.377 e. The Hall–Kier alpha value is -0.410. The molecule has 2 atom stereocenters. The monoisotopic (exact) mass is 171 g/mol. The Morgan fingerprint density at radius 1 is 1.67 bits per heavy atom. The van der Waals surface area contributed by atoms with E-state index in [9.17, 15) is 4.79 Å². The Balaban J connectivity index is 2.27. The average Bonchev–Trinajstić information content (AvgIpc) is 2.43. The molecule has 1 heterocycles. The van der Waals surface area contributed by atoms with E-state index in [1.807, 2.05) is 11.9 Å². The first-order chi connectivity index (χ1) is 5.77. The number of carbonyl (C=O) groups excluding carboxylic acids is 1.